The molecule has 0 saturated carbocycles. The highest BCUT2D eigenvalue weighted by atomic mass is 19.4. The molecule has 0 spiro atoms. The maximum Gasteiger partial charge on any atom is 0.433 e. The Morgan fingerprint density at radius 2 is 1.79 bits per heavy atom. The van der Waals surface area contributed by atoms with Crippen LogP contribution < -0.4 is 0 Å². The molecule has 1 aromatic rings. The standard InChI is InChI=1S/C9H9F4N/c1-5(2)6-3-4-7(10)14-8(6)9(11,12)13/h3-5H,1-2H3. The van der Waals surface area contributed by atoms with Crippen LogP contribution in [0.5, 0.6) is 0 Å². The first-order valence-corrected chi connectivity index (χ1v) is 4.06. The van der Waals surface area contributed by atoms with Gasteiger partial charge < -0.3 is 0 Å². The Morgan fingerprint density at radius 3 is 2.21 bits per heavy atom. The SMILES string of the molecule is CC(C)c1ccc(F)nc1C(F)(F)F. The van der Waals surface area contributed by atoms with Gasteiger partial charge in [-0.1, -0.05) is 19.9 Å². The summed E-state index contributed by atoms with van der Waals surface area (Å²) in [6.45, 7) is 3.20. The molecule has 0 bridgehead atoms. The third-order valence-corrected chi connectivity index (χ3v) is 1.78. The van der Waals surface area contributed by atoms with Crippen LogP contribution in [-0.4, -0.2) is 4.98 Å². The molecule has 0 amide bonds. The molecule has 0 N–H and O–H groups in total. The van der Waals surface area contributed by atoms with Crippen LogP contribution in [0.15, 0.2) is 12.1 Å². The first-order valence-electron chi connectivity index (χ1n) is 4.06. The van der Waals surface area contributed by atoms with Gasteiger partial charge in [0.2, 0.25) is 5.95 Å². The number of pyridine rings is 1. The van der Waals surface area contributed by atoms with E-state index in [4.69, 9.17) is 0 Å². The maximum atomic E-state index is 12.5. The van der Waals surface area contributed by atoms with E-state index in [-0.39, 0.29) is 11.5 Å². The average molecular weight is 207 g/mol. The van der Waals surface area contributed by atoms with Gasteiger partial charge in [0.1, 0.15) is 0 Å². The van der Waals surface area contributed by atoms with Crippen molar-refractivity contribution < 1.29 is 17.6 Å². The van der Waals surface area contributed by atoms with E-state index in [1.54, 1.807) is 13.8 Å². The Morgan fingerprint density at radius 1 is 1.21 bits per heavy atom. The van der Waals surface area contributed by atoms with E-state index in [2.05, 4.69) is 4.98 Å². The molecule has 0 atom stereocenters. The van der Waals surface area contributed by atoms with Gasteiger partial charge in [-0.2, -0.15) is 17.6 Å². The van der Waals surface area contributed by atoms with Crippen LogP contribution in [0.25, 0.3) is 0 Å². The van der Waals surface area contributed by atoms with E-state index in [9.17, 15) is 17.6 Å². The summed E-state index contributed by atoms with van der Waals surface area (Å²) in [5.74, 6) is -1.44. The number of halogens is 4. The van der Waals surface area contributed by atoms with E-state index in [1.165, 1.54) is 0 Å². The van der Waals surface area contributed by atoms with Gasteiger partial charge >= 0.3 is 6.18 Å². The maximum absolute atomic E-state index is 12.5. The normalized spacial score (nSPS) is 12.2. The molecule has 0 aromatic carbocycles. The molecule has 0 fully saturated rings. The molecule has 1 heterocycles. The van der Waals surface area contributed by atoms with Crippen molar-refractivity contribution in [2.45, 2.75) is 25.9 Å². The van der Waals surface area contributed by atoms with E-state index in [1.807, 2.05) is 0 Å². The quantitative estimate of drug-likeness (QED) is 0.508. The minimum atomic E-state index is -4.60. The monoisotopic (exact) mass is 207 g/mol. The number of nitrogens with zero attached hydrogens (tertiary/aromatic N) is 1. The van der Waals surface area contributed by atoms with Crippen LogP contribution in [0, 0.1) is 5.95 Å². The van der Waals surface area contributed by atoms with Crippen molar-refractivity contribution >= 4 is 0 Å². The Balaban J connectivity index is 3.30. The second-order valence-corrected chi connectivity index (χ2v) is 3.22. The molecule has 78 valence electrons. The van der Waals surface area contributed by atoms with Gasteiger partial charge in [0.15, 0.2) is 5.69 Å². The summed E-state index contributed by atoms with van der Waals surface area (Å²) in [7, 11) is 0. The molecule has 0 unspecified atom stereocenters. The van der Waals surface area contributed by atoms with Crippen molar-refractivity contribution in [1.29, 1.82) is 0 Å². The summed E-state index contributed by atoms with van der Waals surface area (Å²) in [5, 5.41) is 0. The van der Waals surface area contributed by atoms with Crippen LogP contribution in [0.3, 0.4) is 0 Å². The lowest BCUT2D eigenvalue weighted by Gasteiger charge is -2.13. The fourth-order valence-electron chi connectivity index (χ4n) is 1.14. The van der Waals surface area contributed by atoms with Gasteiger partial charge in [0.25, 0.3) is 0 Å². The van der Waals surface area contributed by atoms with Gasteiger partial charge in [0, 0.05) is 0 Å². The van der Waals surface area contributed by atoms with E-state index in [0.717, 1.165) is 12.1 Å². The first kappa shape index (κ1) is 10.9. The first-order chi connectivity index (χ1) is 6.32. The third-order valence-electron chi connectivity index (χ3n) is 1.78. The predicted octanol–water partition coefficient (Wildman–Crippen LogP) is 3.36. The van der Waals surface area contributed by atoms with Gasteiger partial charge in [-0.25, -0.2) is 4.98 Å². The van der Waals surface area contributed by atoms with E-state index < -0.39 is 17.8 Å². The highest BCUT2D eigenvalue weighted by Crippen LogP contribution is 2.33. The zero-order chi connectivity index (χ0) is 10.9. The fraction of sp³-hybridized carbons (Fsp3) is 0.444. The lowest BCUT2D eigenvalue weighted by atomic mass is 10.0. The van der Waals surface area contributed by atoms with Gasteiger partial charge in [-0.3, -0.25) is 0 Å². The molecular weight excluding hydrogens is 198 g/mol. The van der Waals surface area contributed by atoms with Crippen LogP contribution in [0.4, 0.5) is 17.6 Å². The zero-order valence-corrected chi connectivity index (χ0v) is 7.69. The lowest BCUT2D eigenvalue weighted by Crippen LogP contribution is -2.13. The second-order valence-electron chi connectivity index (χ2n) is 3.22. The van der Waals surface area contributed by atoms with Crippen LogP contribution in [0.1, 0.15) is 31.0 Å². The molecule has 1 rings (SSSR count). The predicted molar refractivity (Wildman–Crippen MR) is 43.3 cm³/mol. The van der Waals surface area contributed by atoms with Crippen LogP contribution >= 0.6 is 0 Å². The van der Waals surface area contributed by atoms with Gasteiger partial charge in [-0.15, -0.1) is 0 Å². The Hall–Kier alpha value is -1.13. The molecule has 0 aliphatic carbocycles. The fourth-order valence-corrected chi connectivity index (χ4v) is 1.14. The second kappa shape index (κ2) is 3.55. The van der Waals surface area contributed by atoms with Crippen molar-refractivity contribution in [3.8, 4) is 0 Å². The molecule has 5 heteroatoms. The summed E-state index contributed by atoms with van der Waals surface area (Å²) in [6, 6.07) is 2.06. The highest BCUT2D eigenvalue weighted by molar-refractivity contribution is 5.25. The molecule has 14 heavy (non-hydrogen) atoms. The summed E-state index contributed by atoms with van der Waals surface area (Å²) in [5.41, 5.74) is -1.12. The molecule has 1 nitrogen and oxygen atoms in total. The Bertz CT molecular complexity index is 330. The van der Waals surface area contributed by atoms with Gasteiger partial charge in [-0.05, 0) is 17.5 Å². The molecule has 0 radical (unpaired) electrons. The van der Waals surface area contributed by atoms with Crippen molar-refractivity contribution in [2.75, 3.05) is 0 Å². The summed E-state index contributed by atoms with van der Waals surface area (Å²) in [6.07, 6.45) is -4.60. The van der Waals surface area contributed by atoms with Crippen molar-refractivity contribution in [1.82, 2.24) is 4.98 Å². The van der Waals surface area contributed by atoms with Crippen molar-refractivity contribution in [3.05, 3.63) is 29.3 Å². The topological polar surface area (TPSA) is 12.9 Å². The summed E-state index contributed by atoms with van der Waals surface area (Å²) < 4.78 is 49.6. The molecule has 1 aromatic heterocycles. The molecular formula is C9H9F4N. The lowest BCUT2D eigenvalue weighted by molar-refractivity contribution is -0.142. The Kier molecular flexibility index (Phi) is 2.78. The van der Waals surface area contributed by atoms with Gasteiger partial charge in [0.05, 0.1) is 0 Å². The summed E-state index contributed by atoms with van der Waals surface area (Å²) >= 11 is 0. The summed E-state index contributed by atoms with van der Waals surface area (Å²) in [4.78, 5) is 2.87. The minimum absolute atomic E-state index is 0.0129. The van der Waals surface area contributed by atoms with Crippen LogP contribution in [-0.2, 0) is 6.18 Å². The van der Waals surface area contributed by atoms with Crippen LogP contribution in [0.2, 0.25) is 0 Å². The number of hydrogen-bond acceptors (Lipinski definition) is 1. The largest absolute Gasteiger partial charge is 0.433 e. The average Bonchev–Trinajstić information content (AvgIpc) is 2.01. The third kappa shape index (κ3) is 2.21. The highest BCUT2D eigenvalue weighted by Gasteiger charge is 2.36. The number of alkyl halides is 3. The van der Waals surface area contributed by atoms with Crippen molar-refractivity contribution in [2.24, 2.45) is 0 Å². The Labute approximate surface area is 78.8 Å². The zero-order valence-electron chi connectivity index (χ0n) is 7.69. The minimum Gasteiger partial charge on any atom is -0.215 e. The smallest absolute Gasteiger partial charge is 0.215 e. The number of rotatable bonds is 1. The molecule has 0 aliphatic heterocycles. The van der Waals surface area contributed by atoms with Crippen molar-refractivity contribution in [3.63, 3.8) is 0 Å². The van der Waals surface area contributed by atoms with E-state index in [0.29, 0.717) is 0 Å². The van der Waals surface area contributed by atoms with E-state index >= 15 is 0 Å². The molecule has 0 aliphatic rings. The number of hydrogen-bond donors (Lipinski definition) is 0. The molecule has 0 saturated heterocycles. The number of aromatic nitrogens is 1.